The lowest BCUT2D eigenvalue weighted by Crippen LogP contribution is -2.33. The molecule has 0 unspecified atom stereocenters. The lowest BCUT2D eigenvalue weighted by Gasteiger charge is -2.24. The third kappa shape index (κ3) is 6.31. The van der Waals surface area contributed by atoms with E-state index in [4.69, 9.17) is 4.74 Å². The van der Waals surface area contributed by atoms with Gasteiger partial charge in [0.25, 0.3) is 0 Å². The fourth-order valence-corrected chi connectivity index (χ4v) is 3.16. The van der Waals surface area contributed by atoms with Gasteiger partial charge in [-0.2, -0.15) is 10.1 Å². The molecule has 2 aromatic rings. The van der Waals surface area contributed by atoms with Crippen LogP contribution in [0.4, 0.5) is 16.6 Å². The van der Waals surface area contributed by atoms with Gasteiger partial charge in [0.15, 0.2) is 0 Å². The summed E-state index contributed by atoms with van der Waals surface area (Å²) in [6.45, 7) is 7.88. The minimum absolute atomic E-state index is 0.0600. The van der Waals surface area contributed by atoms with Gasteiger partial charge in [0.1, 0.15) is 11.4 Å². The first-order valence-corrected chi connectivity index (χ1v) is 10.4. The third-order valence-electron chi connectivity index (χ3n) is 4.34. The van der Waals surface area contributed by atoms with E-state index in [1.165, 1.54) is 0 Å². The number of rotatable bonds is 6. The van der Waals surface area contributed by atoms with E-state index >= 15 is 0 Å². The molecule has 1 aromatic heterocycles. The van der Waals surface area contributed by atoms with Crippen molar-refractivity contribution in [2.75, 3.05) is 17.3 Å². The molecule has 1 aromatic carbocycles. The first-order valence-electron chi connectivity index (χ1n) is 9.98. The SMILES string of the molecule is C[C@@H](CO)Nc1nc(N/N=C/c2cccc(S)c2)nc2c1CN(C(=O)OC(C)(C)C)C2. The molecule has 166 valence electrons. The Kier molecular flexibility index (Phi) is 7.01. The van der Waals surface area contributed by atoms with E-state index < -0.39 is 11.7 Å². The van der Waals surface area contributed by atoms with Gasteiger partial charge >= 0.3 is 6.09 Å². The van der Waals surface area contributed by atoms with E-state index in [0.29, 0.717) is 24.6 Å². The van der Waals surface area contributed by atoms with Gasteiger partial charge in [0.05, 0.1) is 31.6 Å². The molecule has 0 saturated heterocycles. The van der Waals surface area contributed by atoms with Crippen LogP contribution in [0.15, 0.2) is 34.3 Å². The summed E-state index contributed by atoms with van der Waals surface area (Å²) < 4.78 is 5.48. The Labute approximate surface area is 187 Å². The number of amides is 1. The van der Waals surface area contributed by atoms with Gasteiger partial charge in [-0.05, 0) is 45.4 Å². The number of hydrazone groups is 1. The molecule has 0 aliphatic carbocycles. The zero-order valence-electron chi connectivity index (χ0n) is 18.1. The number of aliphatic hydroxyl groups excluding tert-OH is 1. The first-order chi connectivity index (χ1) is 14.6. The molecule has 0 radical (unpaired) electrons. The second-order valence-electron chi connectivity index (χ2n) is 8.35. The molecular weight excluding hydrogens is 416 g/mol. The highest BCUT2D eigenvalue weighted by Gasteiger charge is 2.31. The standard InChI is InChI=1S/C21H28N6O3S/c1-13(12-28)23-18-16-10-27(20(29)30-21(2,3)4)11-17(16)24-19(25-18)26-22-9-14-6-5-7-15(31)8-14/h5-9,13,28,31H,10-12H2,1-4H3,(H2,23,24,25,26)/b22-9+/t13-/m0/s1. The number of carbonyl (C=O) groups excluding carboxylic acids is 1. The fraction of sp³-hybridized carbons (Fsp3) is 0.429. The normalized spacial score (nSPS) is 14.5. The van der Waals surface area contributed by atoms with Crippen molar-refractivity contribution in [1.82, 2.24) is 14.9 Å². The summed E-state index contributed by atoms with van der Waals surface area (Å²) in [6.07, 6.45) is 1.23. The number of aliphatic hydroxyl groups is 1. The molecule has 9 nitrogen and oxygen atoms in total. The van der Waals surface area contributed by atoms with Gasteiger partial charge in [0, 0.05) is 16.5 Å². The topological polar surface area (TPSA) is 112 Å². The Morgan fingerprint density at radius 2 is 2.16 bits per heavy atom. The van der Waals surface area contributed by atoms with Gasteiger partial charge in [-0.1, -0.05) is 12.1 Å². The summed E-state index contributed by atoms with van der Waals surface area (Å²) >= 11 is 4.32. The van der Waals surface area contributed by atoms with Crippen LogP contribution in [0.3, 0.4) is 0 Å². The van der Waals surface area contributed by atoms with Crippen LogP contribution < -0.4 is 10.7 Å². The van der Waals surface area contributed by atoms with Crippen molar-refractivity contribution in [1.29, 1.82) is 0 Å². The van der Waals surface area contributed by atoms with Crippen LogP contribution in [0.2, 0.25) is 0 Å². The molecule has 0 fully saturated rings. The molecule has 0 saturated carbocycles. The van der Waals surface area contributed by atoms with Gasteiger partial charge < -0.3 is 15.2 Å². The maximum absolute atomic E-state index is 12.5. The minimum Gasteiger partial charge on any atom is -0.444 e. The van der Waals surface area contributed by atoms with Crippen molar-refractivity contribution in [3.8, 4) is 0 Å². The Morgan fingerprint density at radius 3 is 2.84 bits per heavy atom. The highest BCUT2D eigenvalue weighted by Crippen LogP contribution is 2.29. The van der Waals surface area contributed by atoms with Gasteiger partial charge in [-0.3, -0.25) is 4.90 Å². The minimum atomic E-state index is -0.588. The molecule has 1 aliphatic rings. The first kappa shape index (κ1) is 22.8. The molecule has 1 amide bonds. The van der Waals surface area contributed by atoms with Crippen LogP contribution in [-0.4, -0.2) is 50.5 Å². The van der Waals surface area contributed by atoms with Gasteiger partial charge in [-0.15, -0.1) is 12.6 Å². The number of nitrogens with one attached hydrogen (secondary N) is 2. The van der Waals surface area contributed by atoms with Gasteiger partial charge in [0.2, 0.25) is 5.95 Å². The highest BCUT2D eigenvalue weighted by molar-refractivity contribution is 7.80. The lowest BCUT2D eigenvalue weighted by molar-refractivity contribution is 0.0241. The van der Waals surface area contributed by atoms with E-state index in [-0.39, 0.29) is 18.6 Å². The van der Waals surface area contributed by atoms with E-state index in [1.807, 2.05) is 52.0 Å². The quantitative estimate of drug-likeness (QED) is 0.307. The van der Waals surface area contributed by atoms with Crippen LogP contribution in [-0.2, 0) is 17.8 Å². The summed E-state index contributed by atoms with van der Waals surface area (Å²) in [7, 11) is 0. The molecular formula is C21H28N6O3S. The predicted octanol–water partition coefficient (Wildman–Crippen LogP) is 3.25. The second-order valence-corrected chi connectivity index (χ2v) is 8.87. The summed E-state index contributed by atoms with van der Waals surface area (Å²) in [6, 6.07) is 7.34. The van der Waals surface area contributed by atoms with E-state index in [0.717, 1.165) is 16.0 Å². The summed E-state index contributed by atoms with van der Waals surface area (Å²) in [5, 5.41) is 16.8. The predicted molar refractivity (Wildman–Crippen MR) is 123 cm³/mol. The fourth-order valence-electron chi connectivity index (χ4n) is 2.93. The zero-order chi connectivity index (χ0) is 22.6. The highest BCUT2D eigenvalue weighted by atomic mass is 32.1. The number of anilines is 2. The molecule has 1 atom stereocenters. The average molecular weight is 445 g/mol. The molecule has 2 heterocycles. The third-order valence-corrected chi connectivity index (χ3v) is 4.62. The van der Waals surface area contributed by atoms with Crippen LogP contribution in [0.25, 0.3) is 0 Å². The van der Waals surface area contributed by atoms with Crippen LogP contribution in [0.5, 0.6) is 0 Å². The number of nitrogens with zero attached hydrogens (tertiary/aromatic N) is 4. The number of hydrogen-bond donors (Lipinski definition) is 4. The molecule has 3 N–H and O–H groups in total. The largest absolute Gasteiger partial charge is 0.444 e. The number of hydrogen-bond acceptors (Lipinski definition) is 9. The Morgan fingerprint density at radius 1 is 1.39 bits per heavy atom. The Hall–Kier alpha value is -2.85. The summed E-state index contributed by atoms with van der Waals surface area (Å²) in [5.41, 5.74) is 4.63. The molecule has 3 rings (SSSR count). The van der Waals surface area contributed by atoms with E-state index in [2.05, 4.69) is 38.4 Å². The number of aromatic nitrogens is 2. The maximum Gasteiger partial charge on any atom is 0.410 e. The average Bonchev–Trinajstić information content (AvgIpc) is 3.11. The summed E-state index contributed by atoms with van der Waals surface area (Å²) in [5.74, 6) is 0.836. The number of thiol groups is 1. The molecule has 0 spiro atoms. The number of fused-ring (bicyclic) bond motifs is 1. The van der Waals surface area contributed by atoms with Crippen molar-refractivity contribution in [2.45, 2.75) is 57.3 Å². The second kappa shape index (κ2) is 9.52. The molecule has 1 aliphatic heterocycles. The van der Waals surface area contributed by atoms with Crippen molar-refractivity contribution >= 4 is 36.7 Å². The Bertz CT molecular complexity index is 976. The van der Waals surface area contributed by atoms with Crippen LogP contribution in [0.1, 0.15) is 44.5 Å². The van der Waals surface area contributed by atoms with Crippen molar-refractivity contribution in [2.24, 2.45) is 5.10 Å². The van der Waals surface area contributed by atoms with Crippen LogP contribution in [0, 0.1) is 0 Å². The maximum atomic E-state index is 12.5. The van der Waals surface area contributed by atoms with E-state index in [1.54, 1.807) is 11.1 Å². The lowest BCUT2D eigenvalue weighted by atomic mass is 10.2. The number of carbonyl (C=O) groups is 1. The molecule has 0 bridgehead atoms. The van der Waals surface area contributed by atoms with Crippen molar-refractivity contribution in [3.63, 3.8) is 0 Å². The molecule has 10 heteroatoms. The number of benzene rings is 1. The Balaban J connectivity index is 1.81. The molecule has 31 heavy (non-hydrogen) atoms. The van der Waals surface area contributed by atoms with Gasteiger partial charge in [-0.25, -0.2) is 15.2 Å². The van der Waals surface area contributed by atoms with Crippen LogP contribution >= 0.6 is 12.6 Å². The zero-order valence-corrected chi connectivity index (χ0v) is 19.0. The monoisotopic (exact) mass is 444 g/mol. The van der Waals surface area contributed by atoms with Crippen molar-refractivity contribution < 1.29 is 14.6 Å². The van der Waals surface area contributed by atoms with E-state index in [9.17, 15) is 9.90 Å². The smallest absolute Gasteiger partial charge is 0.410 e. The number of ether oxygens (including phenoxy) is 1. The summed E-state index contributed by atoms with van der Waals surface area (Å²) in [4.78, 5) is 23.9. The van der Waals surface area contributed by atoms with Crippen molar-refractivity contribution in [3.05, 3.63) is 41.1 Å².